The predicted molar refractivity (Wildman–Crippen MR) is 136 cm³/mol. The highest BCUT2D eigenvalue weighted by Gasteiger charge is 2.34. The number of ether oxygens (including phenoxy) is 1. The molecule has 0 radical (unpaired) electrons. The second kappa shape index (κ2) is 11.2. The van der Waals surface area contributed by atoms with E-state index in [1.807, 2.05) is 4.90 Å². The average molecular weight is 518 g/mol. The number of rotatable bonds is 7. The maximum atomic E-state index is 13.3. The number of methoxy groups -OCH3 is 1. The third-order valence-electron chi connectivity index (χ3n) is 6.57. The Kier molecular flexibility index (Phi) is 8.01. The van der Waals surface area contributed by atoms with Crippen molar-refractivity contribution in [2.24, 2.45) is 5.92 Å². The molecule has 1 fully saturated rings. The number of pyridine rings is 2. The summed E-state index contributed by atoms with van der Waals surface area (Å²) in [5, 5.41) is 6.19. The molecule has 2 N–H and O–H groups in total. The summed E-state index contributed by atoms with van der Waals surface area (Å²) in [5.41, 5.74) is 0.516. The van der Waals surface area contributed by atoms with E-state index in [0.29, 0.717) is 54.3 Å². The number of nitrogens with zero attached hydrogens (tertiary/aromatic N) is 3. The van der Waals surface area contributed by atoms with E-state index in [2.05, 4.69) is 22.5 Å². The summed E-state index contributed by atoms with van der Waals surface area (Å²) in [6.07, 6.45) is -2.83. The monoisotopic (exact) mass is 517 g/mol. The lowest BCUT2D eigenvalue weighted by molar-refractivity contribution is -0.141. The van der Waals surface area contributed by atoms with Gasteiger partial charge in [-0.2, -0.15) is 13.2 Å². The van der Waals surface area contributed by atoms with Crippen LogP contribution in [0.3, 0.4) is 0 Å². The molecule has 1 aliphatic rings. The van der Waals surface area contributed by atoms with E-state index >= 15 is 0 Å². The summed E-state index contributed by atoms with van der Waals surface area (Å²) in [6.45, 7) is 4.05. The minimum absolute atomic E-state index is 0.00166. The van der Waals surface area contributed by atoms with Gasteiger partial charge >= 0.3 is 12.2 Å². The normalized spacial score (nSPS) is 14.7. The van der Waals surface area contributed by atoms with Crippen LogP contribution in [-0.4, -0.2) is 42.4 Å². The molecule has 0 saturated carbocycles. The van der Waals surface area contributed by atoms with Gasteiger partial charge in [-0.25, -0.2) is 9.78 Å². The SMILES string of the molecule is COCCn1c(=O)ccc2c(NC(=O)NCc3ccc(C(F)(F)F)nc3N3CCC(C)CC3)cccc21. The van der Waals surface area contributed by atoms with Gasteiger partial charge in [-0.3, -0.25) is 4.79 Å². The number of hydrogen-bond donors (Lipinski definition) is 2. The topological polar surface area (TPSA) is 88.5 Å². The van der Waals surface area contributed by atoms with Crippen molar-refractivity contribution in [2.75, 3.05) is 37.0 Å². The fraction of sp³-hybridized carbons (Fsp3) is 0.423. The Bertz CT molecular complexity index is 1320. The summed E-state index contributed by atoms with van der Waals surface area (Å²) >= 11 is 0. The number of alkyl halides is 3. The van der Waals surface area contributed by atoms with Gasteiger partial charge in [0.1, 0.15) is 11.5 Å². The molecular formula is C26H30F3N5O3. The number of halogens is 3. The number of urea groups is 1. The van der Waals surface area contributed by atoms with Crippen LogP contribution in [0.25, 0.3) is 10.9 Å². The van der Waals surface area contributed by atoms with Crippen LogP contribution >= 0.6 is 0 Å². The van der Waals surface area contributed by atoms with Gasteiger partial charge in [0.2, 0.25) is 0 Å². The van der Waals surface area contributed by atoms with Gasteiger partial charge in [0, 0.05) is 50.3 Å². The second-order valence-electron chi connectivity index (χ2n) is 9.21. The number of aromatic nitrogens is 2. The zero-order valence-electron chi connectivity index (χ0n) is 20.8. The van der Waals surface area contributed by atoms with E-state index in [4.69, 9.17) is 4.74 Å². The van der Waals surface area contributed by atoms with E-state index in [0.717, 1.165) is 18.9 Å². The Morgan fingerprint density at radius 1 is 1.14 bits per heavy atom. The van der Waals surface area contributed by atoms with Crippen molar-refractivity contribution < 1.29 is 22.7 Å². The van der Waals surface area contributed by atoms with Crippen LogP contribution in [0.4, 0.5) is 29.5 Å². The average Bonchev–Trinajstić information content (AvgIpc) is 2.87. The number of piperidine rings is 1. The molecule has 0 bridgehead atoms. The molecule has 0 spiro atoms. The number of carbonyl (C=O) groups is 1. The first-order chi connectivity index (χ1) is 17.7. The Morgan fingerprint density at radius 2 is 1.89 bits per heavy atom. The van der Waals surface area contributed by atoms with Crippen molar-refractivity contribution in [3.63, 3.8) is 0 Å². The smallest absolute Gasteiger partial charge is 0.383 e. The molecule has 0 unspecified atom stereocenters. The summed E-state index contributed by atoms with van der Waals surface area (Å²) in [4.78, 5) is 30.9. The van der Waals surface area contributed by atoms with Crippen molar-refractivity contribution in [3.05, 3.63) is 64.1 Å². The number of anilines is 2. The third kappa shape index (κ3) is 6.22. The van der Waals surface area contributed by atoms with Crippen LogP contribution in [0.2, 0.25) is 0 Å². The van der Waals surface area contributed by atoms with Gasteiger partial charge in [0.05, 0.1) is 17.8 Å². The third-order valence-corrected chi connectivity index (χ3v) is 6.57. The molecule has 8 nitrogen and oxygen atoms in total. The zero-order valence-corrected chi connectivity index (χ0v) is 20.8. The highest BCUT2D eigenvalue weighted by atomic mass is 19.4. The molecule has 3 heterocycles. The minimum Gasteiger partial charge on any atom is -0.383 e. The number of carbonyl (C=O) groups excluding carboxylic acids is 1. The van der Waals surface area contributed by atoms with Gasteiger partial charge in [-0.05, 0) is 43.0 Å². The molecule has 1 aliphatic heterocycles. The van der Waals surface area contributed by atoms with Crippen LogP contribution in [0, 0.1) is 5.92 Å². The van der Waals surface area contributed by atoms with E-state index in [-0.39, 0.29) is 17.9 Å². The molecule has 1 saturated heterocycles. The van der Waals surface area contributed by atoms with Gasteiger partial charge in [-0.15, -0.1) is 0 Å². The van der Waals surface area contributed by atoms with Gasteiger partial charge in [0.15, 0.2) is 0 Å². The second-order valence-corrected chi connectivity index (χ2v) is 9.21. The standard InChI is InChI=1S/C26H30F3N5O3/c1-17-10-12-33(13-11-17)24-18(6-8-22(32-24)26(27,28)29)16-30-25(36)31-20-4-3-5-21-19(20)7-9-23(35)34(21)14-15-37-2/h3-9,17H,10-16H2,1-2H3,(H2,30,31,36). The first-order valence-corrected chi connectivity index (χ1v) is 12.2. The van der Waals surface area contributed by atoms with Crippen molar-refractivity contribution in [3.8, 4) is 0 Å². The summed E-state index contributed by atoms with van der Waals surface area (Å²) < 4.78 is 46.7. The van der Waals surface area contributed by atoms with Crippen molar-refractivity contribution in [1.29, 1.82) is 0 Å². The van der Waals surface area contributed by atoms with E-state index < -0.39 is 17.9 Å². The van der Waals surface area contributed by atoms with E-state index in [1.165, 1.54) is 12.1 Å². The highest BCUT2D eigenvalue weighted by molar-refractivity contribution is 6.00. The molecule has 37 heavy (non-hydrogen) atoms. The Hall–Kier alpha value is -3.60. The fourth-order valence-corrected chi connectivity index (χ4v) is 4.46. The maximum absolute atomic E-state index is 13.3. The van der Waals surface area contributed by atoms with E-state index in [1.54, 1.807) is 35.9 Å². The van der Waals surface area contributed by atoms with Crippen LogP contribution in [0.1, 0.15) is 31.0 Å². The van der Waals surface area contributed by atoms with Gasteiger partial charge in [0.25, 0.3) is 5.56 Å². The lowest BCUT2D eigenvalue weighted by atomic mass is 9.99. The van der Waals surface area contributed by atoms with Crippen LogP contribution in [0.15, 0.2) is 47.3 Å². The number of nitrogens with one attached hydrogen (secondary N) is 2. The molecule has 2 amide bonds. The first-order valence-electron chi connectivity index (χ1n) is 12.2. The first kappa shape index (κ1) is 26.5. The fourth-order valence-electron chi connectivity index (χ4n) is 4.46. The molecule has 11 heteroatoms. The van der Waals surface area contributed by atoms with Crippen molar-refractivity contribution in [1.82, 2.24) is 14.9 Å². The van der Waals surface area contributed by atoms with Crippen molar-refractivity contribution in [2.45, 2.75) is 39.0 Å². The molecule has 4 rings (SSSR count). The minimum atomic E-state index is -4.56. The van der Waals surface area contributed by atoms with Crippen LogP contribution < -0.4 is 21.1 Å². The van der Waals surface area contributed by atoms with Crippen LogP contribution in [-0.2, 0) is 24.0 Å². The molecule has 2 aromatic heterocycles. The Labute approximate surface area is 212 Å². The highest BCUT2D eigenvalue weighted by Crippen LogP contribution is 2.32. The van der Waals surface area contributed by atoms with E-state index in [9.17, 15) is 22.8 Å². The summed E-state index contributed by atoms with van der Waals surface area (Å²) in [5.74, 6) is 0.746. The molecule has 1 aromatic carbocycles. The molecule has 0 aliphatic carbocycles. The number of fused-ring (bicyclic) bond motifs is 1. The summed E-state index contributed by atoms with van der Waals surface area (Å²) in [7, 11) is 1.55. The zero-order chi connectivity index (χ0) is 26.6. The van der Waals surface area contributed by atoms with Crippen LogP contribution in [0.5, 0.6) is 0 Å². The molecule has 198 valence electrons. The lowest BCUT2D eigenvalue weighted by Gasteiger charge is -2.33. The number of amides is 2. The number of benzene rings is 1. The summed E-state index contributed by atoms with van der Waals surface area (Å²) in [6, 6.07) is 10.1. The van der Waals surface area contributed by atoms with Gasteiger partial charge in [-0.1, -0.05) is 19.1 Å². The quantitative estimate of drug-likeness (QED) is 0.478. The molecular weight excluding hydrogens is 487 g/mol. The Balaban J connectivity index is 1.53. The molecule has 0 atom stereocenters. The maximum Gasteiger partial charge on any atom is 0.433 e. The predicted octanol–water partition coefficient (Wildman–Crippen LogP) is 4.62. The molecule has 3 aromatic rings. The van der Waals surface area contributed by atoms with Crippen molar-refractivity contribution >= 4 is 28.4 Å². The van der Waals surface area contributed by atoms with Gasteiger partial charge < -0.3 is 24.8 Å². The lowest BCUT2D eigenvalue weighted by Crippen LogP contribution is -2.36. The number of hydrogen-bond acceptors (Lipinski definition) is 5. The largest absolute Gasteiger partial charge is 0.433 e. The Morgan fingerprint density at radius 3 is 2.59 bits per heavy atom.